The van der Waals surface area contributed by atoms with E-state index in [0.29, 0.717) is 10.6 Å². The number of hydrogen-bond donors (Lipinski definition) is 4. The van der Waals surface area contributed by atoms with Crippen molar-refractivity contribution in [2.45, 2.75) is 49.8 Å². The van der Waals surface area contributed by atoms with Crippen molar-refractivity contribution in [3.8, 4) is 0 Å². The van der Waals surface area contributed by atoms with E-state index >= 15 is 0 Å². The number of fused-ring (bicyclic) bond motifs is 1. The zero-order chi connectivity index (χ0) is 21.6. The van der Waals surface area contributed by atoms with Gasteiger partial charge in [-0.15, -0.1) is 11.3 Å². The van der Waals surface area contributed by atoms with Crippen molar-refractivity contribution in [2.75, 3.05) is 6.61 Å². The van der Waals surface area contributed by atoms with Crippen LogP contribution in [-0.2, 0) is 10.2 Å². The van der Waals surface area contributed by atoms with Crippen LogP contribution in [0.5, 0.6) is 0 Å². The van der Waals surface area contributed by atoms with Gasteiger partial charge in [-0.2, -0.15) is 0 Å². The molecule has 160 valence electrons. The summed E-state index contributed by atoms with van der Waals surface area (Å²) in [5, 5.41) is 42.0. The summed E-state index contributed by atoms with van der Waals surface area (Å²) >= 11 is 8.29. The second kappa shape index (κ2) is 8.20. The Labute approximate surface area is 184 Å². The van der Waals surface area contributed by atoms with Crippen molar-refractivity contribution in [1.82, 2.24) is 0 Å². The highest BCUT2D eigenvalue weighted by Crippen LogP contribution is 2.43. The quantitative estimate of drug-likeness (QED) is 0.491. The first kappa shape index (κ1) is 21.7. The number of aliphatic hydroxyl groups is 4. The Morgan fingerprint density at radius 3 is 2.43 bits per heavy atom. The predicted octanol–water partition coefficient (Wildman–Crippen LogP) is 3.40. The van der Waals surface area contributed by atoms with Crippen LogP contribution in [0.2, 0.25) is 5.02 Å². The fourth-order valence-electron chi connectivity index (χ4n) is 4.00. The van der Waals surface area contributed by atoms with Crippen LogP contribution >= 0.6 is 22.9 Å². The van der Waals surface area contributed by atoms with E-state index in [2.05, 4.69) is 32.0 Å². The molecule has 4 N–H and O–H groups in total. The molecule has 0 amide bonds. The lowest BCUT2D eigenvalue weighted by molar-refractivity contribution is -0.231. The zero-order valence-electron chi connectivity index (χ0n) is 16.7. The molecule has 7 heteroatoms. The molecule has 1 aliphatic heterocycles. The van der Waals surface area contributed by atoms with Crippen molar-refractivity contribution in [3.05, 3.63) is 69.6 Å². The van der Waals surface area contributed by atoms with Gasteiger partial charge in [-0.05, 0) is 34.7 Å². The highest BCUT2D eigenvalue weighted by atomic mass is 35.5. The standard InChI is InChI=1S/C23H25ClO5S/c1-23(2,18-10-12-5-3-4-6-17(12)30-18)14-9-13(7-8-15(14)24)22-21(28)20(27)19(26)16(11-25)29-22/h3-10,16,19-22,25-28H,11H2,1-2H3. The minimum Gasteiger partial charge on any atom is -0.394 e. The highest BCUT2D eigenvalue weighted by molar-refractivity contribution is 7.19. The smallest absolute Gasteiger partial charge is 0.113 e. The lowest BCUT2D eigenvalue weighted by Crippen LogP contribution is -2.55. The third-order valence-electron chi connectivity index (χ3n) is 5.93. The van der Waals surface area contributed by atoms with Crippen molar-refractivity contribution in [3.63, 3.8) is 0 Å². The van der Waals surface area contributed by atoms with Gasteiger partial charge >= 0.3 is 0 Å². The highest BCUT2D eigenvalue weighted by Gasteiger charge is 2.44. The molecule has 0 aliphatic carbocycles. The van der Waals surface area contributed by atoms with E-state index in [1.165, 1.54) is 10.1 Å². The summed E-state index contributed by atoms with van der Waals surface area (Å²) in [6, 6.07) is 15.7. The third kappa shape index (κ3) is 3.67. The van der Waals surface area contributed by atoms with Crippen LogP contribution in [0.15, 0.2) is 48.5 Å². The molecule has 5 nitrogen and oxygen atoms in total. The Morgan fingerprint density at radius 2 is 1.73 bits per heavy atom. The summed E-state index contributed by atoms with van der Waals surface area (Å²) in [6.45, 7) is 3.72. The Balaban J connectivity index is 1.74. The SMILES string of the molecule is CC(C)(c1cc2ccccc2s1)c1cc(C2OC(CO)C(O)C(O)C2O)ccc1Cl. The molecule has 1 saturated heterocycles. The maximum absolute atomic E-state index is 10.5. The molecule has 0 radical (unpaired) electrons. The molecule has 5 atom stereocenters. The first-order chi connectivity index (χ1) is 14.2. The molecule has 2 heterocycles. The van der Waals surface area contributed by atoms with Gasteiger partial charge in [0, 0.05) is 20.0 Å². The maximum Gasteiger partial charge on any atom is 0.113 e. The van der Waals surface area contributed by atoms with Gasteiger partial charge in [-0.3, -0.25) is 0 Å². The number of benzene rings is 2. The van der Waals surface area contributed by atoms with Crippen molar-refractivity contribution in [2.24, 2.45) is 0 Å². The fourth-order valence-corrected chi connectivity index (χ4v) is 5.53. The summed E-state index contributed by atoms with van der Waals surface area (Å²) in [4.78, 5) is 1.15. The van der Waals surface area contributed by atoms with Gasteiger partial charge in [0.1, 0.15) is 30.5 Å². The summed E-state index contributed by atoms with van der Waals surface area (Å²) in [7, 11) is 0. The molecule has 3 aromatic rings. The summed E-state index contributed by atoms with van der Waals surface area (Å²) in [6.07, 6.45) is -5.99. The second-order valence-corrected chi connectivity index (χ2v) is 9.75. The number of halogens is 1. The Morgan fingerprint density at radius 1 is 1.00 bits per heavy atom. The van der Waals surface area contributed by atoms with Gasteiger partial charge in [0.15, 0.2) is 0 Å². The predicted molar refractivity (Wildman–Crippen MR) is 118 cm³/mol. The summed E-state index contributed by atoms with van der Waals surface area (Å²) in [5.74, 6) is 0. The van der Waals surface area contributed by atoms with E-state index in [-0.39, 0.29) is 0 Å². The lowest BCUT2D eigenvalue weighted by atomic mass is 9.81. The van der Waals surface area contributed by atoms with Crippen molar-refractivity contribution >= 4 is 33.0 Å². The second-order valence-electron chi connectivity index (χ2n) is 8.26. The molecule has 1 fully saturated rings. The van der Waals surface area contributed by atoms with Crippen LogP contribution in [0.25, 0.3) is 10.1 Å². The van der Waals surface area contributed by atoms with Crippen molar-refractivity contribution < 1.29 is 25.2 Å². The Kier molecular flexibility index (Phi) is 5.94. The van der Waals surface area contributed by atoms with Crippen molar-refractivity contribution in [1.29, 1.82) is 0 Å². The molecule has 4 rings (SSSR count). The van der Waals surface area contributed by atoms with Crippen LogP contribution in [0.4, 0.5) is 0 Å². The average Bonchev–Trinajstić information content (AvgIpc) is 3.18. The van der Waals surface area contributed by atoms with Gasteiger partial charge in [0.2, 0.25) is 0 Å². The van der Waals surface area contributed by atoms with E-state index in [4.69, 9.17) is 16.3 Å². The van der Waals surface area contributed by atoms with Crippen LogP contribution in [0.3, 0.4) is 0 Å². The Bertz CT molecular complexity index is 1010. The van der Waals surface area contributed by atoms with Gasteiger partial charge in [0.25, 0.3) is 0 Å². The average molecular weight is 449 g/mol. The molecule has 30 heavy (non-hydrogen) atoms. The molecule has 0 spiro atoms. The van der Waals surface area contributed by atoms with E-state index in [1.54, 1.807) is 23.5 Å². The van der Waals surface area contributed by atoms with E-state index in [1.807, 2.05) is 18.2 Å². The lowest BCUT2D eigenvalue weighted by Gasteiger charge is -2.40. The summed E-state index contributed by atoms with van der Waals surface area (Å²) in [5.41, 5.74) is 1.08. The topological polar surface area (TPSA) is 90.2 Å². The fraction of sp³-hybridized carbons (Fsp3) is 0.391. The maximum atomic E-state index is 10.5. The van der Waals surface area contributed by atoms with E-state index in [9.17, 15) is 20.4 Å². The van der Waals surface area contributed by atoms with E-state index < -0.39 is 42.5 Å². The van der Waals surface area contributed by atoms with Gasteiger partial charge in [-0.25, -0.2) is 0 Å². The van der Waals surface area contributed by atoms with Crippen LogP contribution in [0, 0.1) is 0 Å². The number of ether oxygens (including phenoxy) is 1. The minimum atomic E-state index is -1.42. The number of aliphatic hydroxyl groups excluding tert-OH is 4. The minimum absolute atomic E-state index is 0.412. The summed E-state index contributed by atoms with van der Waals surface area (Å²) < 4.78 is 6.92. The van der Waals surface area contributed by atoms with Crippen LogP contribution in [-0.4, -0.2) is 51.4 Å². The molecule has 2 aromatic carbocycles. The van der Waals surface area contributed by atoms with Gasteiger partial charge in [-0.1, -0.05) is 55.8 Å². The molecule has 0 bridgehead atoms. The van der Waals surface area contributed by atoms with E-state index in [0.717, 1.165) is 10.4 Å². The molecular formula is C23H25ClO5S. The Hall–Kier alpha value is -1.51. The molecular weight excluding hydrogens is 424 g/mol. The molecule has 5 unspecified atom stereocenters. The molecule has 1 aliphatic rings. The monoisotopic (exact) mass is 448 g/mol. The number of rotatable bonds is 4. The first-order valence-electron chi connectivity index (χ1n) is 9.83. The third-order valence-corrected chi connectivity index (χ3v) is 7.70. The van der Waals surface area contributed by atoms with Gasteiger partial charge in [0.05, 0.1) is 6.61 Å². The largest absolute Gasteiger partial charge is 0.394 e. The number of thiophene rings is 1. The molecule has 0 saturated carbocycles. The first-order valence-corrected chi connectivity index (χ1v) is 11.0. The van der Waals surface area contributed by atoms with Gasteiger partial charge < -0.3 is 25.2 Å². The number of hydrogen-bond acceptors (Lipinski definition) is 6. The zero-order valence-corrected chi connectivity index (χ0v) is 18.3. The molecule has 1 aromatic heterocycles. The normalized spacial score (nSPS) is 27.5. The van der Waals surface area contributed by atoms with Crippen LogP contribution < -0.4 is 0 Å². The van der Waals surface area contributed by atoms with Crippen LogP contribution in [0.1, 0.15) is 36.0 Å².